The van der Waals surface area contributed by atoms with Crippen molar-refractivity contribution < 1.29 is 14.6 Å². The van der Waals surface area contributed by atoms with Crippen LogP contribution < -0.4 is 5.32 Å². The lowest BCUT2D eigenvalue weighted by Crippen LogP contribution is -2.31. The Morgan fingerprint density at radius 1 is 1.25 bits per heavy atom. The molecule has 0 unspecified atom stereocenters. The van der Waals surface area contributed by atoms with Gasteiger partial charge in [-0.2, -0.15) is 0 Å². The Kier molecular flexibility index (Phi) is 5.87. The van der Waals surface area contributed by atoms with E-state index in [1.165, 1.54) is 6.42 Å². The fourth-order valence-electron chi connectivity index (χ4n) is 2.66. The van der Waals surface area contributed by atoms with Crippen LogP contribution in [0.15, 0.2) is 30.3 Å². The Morgan fingerprint density at radius 2 is 2.00 bits per heavy atom. The molecule has 0 bridgehead atoms. The van der Waals surface area contributed by atoms with E-state index >= 15 is 0 Å². The monoisotopic (exact) mass is 277 g/mol. The van der Waals surface area contributed by atoms with E-state index in [9.17, 15) is 9.90 Å². The Morgan fingerprint density at radius 3 is 2.75 bits per heavy atom. The molecule has 1 amide bonds. The first-order valence-electron chi connectivity index (χ1n) is 7.38. The van der Waals surface area contributed by atoms with E-state index in [0.29, 0.717) is 19.1 Å². The first-order valence-corrected chi connectivity index (χ1v) is 7.38. The lowest BCUT2D eigenvalue weighted by Gasteiger charge is -2.27. The Labute approximate surface area is 120 Å². The minimum absolute atomic E-state index is 0.203. The summed E-state index contributed by atoms with van der Waals surface area (Å²) in [6, 6.07) is 9.61. The summed E-state index contributed by atoms with van der Waals surface area (Å²) in [4.78, 5) is 11.5. The average Bonchev–Trinajstić information content (AvgIpc) is 2.48. The van der Waals surface area contributed by atoms with E-state index in [0.717, 1.165) is 31.2 Å². The van der Waals surface area contributed by atoms with Gasteiger partial charge in [-0.1, -0.05) is 43.2 Å². The minimum atomic E-state index is -0.390. The fraction of sp³-hybridized carbons (Fsp3) is 0.562. The average molecular weight is 277 g/mol. The van der Waals surface area contributed by atoms with Crippen LogP contribution in [0.3, 0.4) is 0 Å². The van der Waals surface area contributed by atoms with Gasteiger partial charge in [0.2, 0.25) is 0 Å². The van der Waals surface area contributed by atoms with Gasteiger partial charge in [-0.15, -0.1) is 0 Å². The molecule has 4 nitrogen and oxygen atoms in total. The zero-order valence-electron chi connectivity index (χ0n) is 11.8. The molecule has 1 aromatic carbocycles. The number of carbonyl (C=O) groups is 1. The Balaban J connectivity index is 1.60. The van der Waals surface area contributed by atoms with Crippen molar-refractivity contribution >= 4 is 6.09 Å². The Bertz CT molecular complexity index is 407. The molecule has 1 fully saturated rings. The topological polar surface area (TPSA) is 58.6 Å². The highest BCUT2D eigenvalue weighted by Gasteiger charge is 2.22. The number of hydrogen-bond acceptors (Lipinski definition) is 3. The second-order valence-electron chi connectivity index (χ2n) is 5.39. The molecule has 1 saturated carbocycles. The van der Waals surface area contributed by atoms with Crippen LogP contribution in [-0.4, -0.2) is 23.8 Å². The van der Waals surface area contributed by atoms with Gasteiger partial charge in [-0.25, -0.2) is 4.79 Å². The zero-order chi connectivity index (χ0) is 14.2. The molecule has 0 spiro atoms. The molecule has 0 aliphatic heterocycles. The lowest BCUT2D eigenvalue weighted by molar-refractivity contribution is 0.0647. The summed E-state index contributed by atoms with van der Waals surface area (Å²) < 4.78 is 5.13. The molecular formula is C16H23NO3. The van der Waals surface area contributed by atoms with Crippen LogP contribution in [0.5, 0.6) is 0 Å². The van der Waals surface area contributed by atoms with Crippen molar-refractivity contribution in [3.8, 4) is 0 Å². The van der Waals surface area contributed by atoms with Crippen LogP contribution in [0.4, 0.5) is 4.79 Å². The maximum absolute atomic E-state index is 11.5. The maximum Gasteiger partial charge on any atom is 0.407 e. The lowest BCUT2D eigenvalue weighted by atomic mass is 9.84. The van der Waals surface area contributed by atoms with E-state index in [4.69, 9.17) is 4.74 Å². The highest BCUT2D eigenvalue weighted by atomic mass is 16.5. The fourth-order valence-corrected chi connectivity index (χ4v) is 2.66. The van der Waals surface area contributed by atoms with E-state index < -0.39 is 0 Å². The van der Waals surface area contributed by atoms with Gasteiger partial charge in [0.1, 0.15) is 6.61 Å². The number of benzene rings is 1. The van der Waals surface area contributed by atoms with Crippen molar-refractivity contribution in [2.45, 2.75) is 44.8 Å². The molecule has 0 heterocycles. The van der Waals surface area contributed by atoms with Gasteiger partial charge < -0.3 is 15.2 Å². The SMILES string of the molecule is O=C(NCC[C@H]1CCCC[C@H]1O)OCc1ccccc1. The molecule has 1 aromatic rings. The number of nitrogens with one attached hydrogen (secondary N) is 1. The van der Waals surface area contributed by atoms with Crippen molar-refractivity contribution in [3.63, 3.8) is 0 Å². The summed E-state index contributed by atoms with van der Waals surface area (Å²) in [5.41, 5.74) is 0.977. The number of ether oxygens (including phenoxy) is 1. The third-order valence-electron chi connectivity index (χ3n) is 3.87. The molecule has 0 aromatic heterocycles. The molecule has 2 rings (SSSR count). The van der Waals surface area contributed by atoms with Gasteiger partial charge in [0.25, 0.3) is 0 Å². The molecular weight excluding hydrogens is 254 g/mol. The highest BCUT2D eigenvalue weighted by molar-refractivity contribution is 5.67. The van der Waals surface area contributed by atoms with Gasteiger partial charge in [-0.3, -0.25) is 0 Å². The Hall–Kier alpha value is -1.55. The van der Waals surface area contributed by atoms with Crippen LogP contribution in [0.2, 0.25) is 0 Å². The summed E-state index contributed by atoms with van der Waals surface area (Å²) in [6.07, 6.45) is 4.47. The summed E-state index contributed by atoms with van der Waals surface area (Å²) in [6.45, 7) is 0.855. The number of aliphatic hydroxyl groups excluding tert-OH is 1. The van der Waals surface area contributed by atoms with Crippen molar-refractivity contribution in [2.24, 2.45) is 5.92 Å². The standard InChI is InChI=1S/C16H23NO3/c18-15-9-5-4-8-14(15)10-11-17-16(19)20-12-13-6-2-1-3-7-13/h1-3,6-7,14-15,18H,4-5,8-12H2,(H,17,19)/t14-,15-/m1/s1. The summed E-state index contributed by atoms with van der Waals surface area (Å²) in [7, 11) is 0. The first kappa shape index (κ1) is 14.9. The van der Waals surface area contributed by atoms with Gasteiger partial charge in [0.15, 0.2) is 0 Å². The molecule has 2 N–H and O–H groups in total. The number of alkyl carbamates (subject to hydrolysis) is 1. The number of hydrogen-bond donors (Lipinski definition) is 2. The normalized spacial score (nSPS) is 22.2. The molecule has 0 radical (unpaired) electrons. The molecule has 2 atom stereocenters. The number of carbonyl (C=O) groups excluding carboxylic acids is 1. The van der Waals surface area contributed by atoms with Crippen molar-refractivity contribution in [1.29, 1.82) is 0 Å². The summed E-state index contributed by atoms with van der Waals surface area (Å²) in [5.74, 6) is 0.318. The zero-order valence-corrected chi connectivity index (χ0v) is 11.8. The van der Waals surface area contributed by atoms with Crippen molar-refractivity contribution in [1.82, 2.24) is 5.32 Å². The van der Waals surface area contributed by atoms with Crippen LogP contribution in [0, 0.1) is 5.92 Å². The van der Waals surface area contributed by atoms with Gasteiger partial charge in [0, 0.05) is 6.54 Å². The second kappa shape index (κ2) is 7.90. The van der Waals surface area contributed by atoms with Crippen LogP contribution in [0.25, 0.3) is 0 Å². The molecule has 110 valence electrons. The van der Waals surface area contributed by atoms with Gasteiger partial charge in [0.05, 0.1) is 6.10 Å². The molecule has 0 saturated heterocycles. The van der Waals surface area contributed by atoms with E-state index in [1.54, 1.807) is 0 Å². The maximum atomic E-state index is 11.5. The van der Waals surface area contributed by atoms with Crippen molar-refractivity contribution in [2.75, 3.05) is 6.54 Å². The largest absolute Gasteiger partial charge is 0.445 e. The highest BCUT2D eigenvalue weighted by Crippen LogP contribution is 2.26. The van der Waals surface area contributed by atoms with Crippen molar-refractivity contribution in [3.05, 3.63) is 35.9 Å². The summed E-state index contributed by atoms with van der Waals surface area (Å²) in [5, 5.41) is 12.6. The quantitative estimate of drug-likeness (QED) is 0.870. The number of aliphatic hydroxyl groups is 1. The van der Waals surface area contributed by atoms with E-state index in [1.807, 2.05) is 30.3 Å². The second-order valence-corrected chi connectivity index (χ2v) is 5.39. The predicted molar refractivity (Wildman–Crippen MR) is 77.2 cm³/mol. The third-order valence-corrected chi connectivity index (χ3v) is 3.87. The first-order chi connectivity index (χ1) is 9.75. The summed E-state index contributed by atoms with van der Waals surface area (Å²) >= 11 is 0. The molecule has 1 aliphatic rings. The smallest absolute Gasteiger partial charge is 0.407 e. The third kappa shape index (κ3) is 4.85. The van der Waals surface area contributed by atoms with Crippen LogP contribution in [0.1, 0.15) is 37.7 Å². The molecule has 4 heteroatoms. The van der Waals surface area contributed by atoms with E-state index in [2.05, 4.69) is 5.32 Å². The predicted octanol–water partition coefficient (Wildman–Crippen LogP) is 2.85. The van der Waals surface area contributed by atoms with Gasteiger partial charge in [-0.05, 0) is 30.7 Å². The van der Waals surface area contributed by atoms with E-state index in [-0.39, 0.29) is 12.2 Å². The van der Waals surface area contributed by atoms with Gasteiger partial charge >= 0.3 is 6.09 Å². The minimum Gasteiger partial charge on any atom is -0.445 e. The number of amides is 1. The molecule has 1 aliphatic carbocycles. The molecule has 20 heavy (non-hydrogen) atoms. The number of rotatable bonds is 5. The van der Waals surface area contributed by atoms with Crippen LogP contribution >= 0.6 is 0 Å². The van der Waals surface area contributed by atoms with Crippen LogP contribution in [-0.2, 0) is 11.3 Å².